The summed E-state index contributed by atoms with van der Waals surface area (Å²) >= 11 is 0. The minimum absolute atomic E-state index is 0.500. The number of aromatic nitrogens is 1. The van der Waals surface area contributed by atoms with Crippen molar-refractivity contribution in [3.63, 3.8) is 0 Å². The summed E-state index contributed by atoms with van der Waals surface area (Å²) in [6.07, 6.45) is 8.91. The highest BCUT2D eigenvalue weighted by molar-refractivity contribution is 5.31. The maximum Gasteiger partial charge on any atom is 0.0575 e. The van der Waals surface area contributed by atoms with E-state index in [2.05, 4.69) is 16.1 Å². The lowest BCUT2D eigenvalue weighted by Gasteiger charge is -2.38. The van der Waals surface area contributed by atoms with Crippen molar-refractivity contribution in [1.82, 2.24) is 10.0 Å². The van der Waals surface area contributed by atoms with Gasteiger partial charge in [0, 0.05) is 25.5 Å². The van der Waals surface area contributed by atoms with Gasteiger partial charge < -0.3 is 4.84 Å². The summed E-state index contributed by atoms with van der Waals surface area (Å²) in [5, 5.41) is 2.08. The third kappa shape index (κ3) is 1.64. The molecule has 0 amide bonds. The Hall–Kier alpha value is -0.930. The number of nitrogens with zero attached hydrogens (tertiary/aromatic N) is 2. The first-order valence-electron chi connectivity index (χ1n) is 6.02. The molecule has 1 aliphatic heterocycles. The predicted molar refractivity (Wildman–Crippen MR) is 61.9 cm³/mol. The van der Waals surface area contributed by atoms with Crippen LogP contribution in [0.15, 0.2) is 18.5 Å². The SMILES string of the molecule is CON1CCC2(CC1)Cc1ccncc1C2. The van der Waals surface area contributed by atoms with E-state index >= 15 is 0 Å². The topological polar surface area (TPSA) is 25.4 Å². The van der Waals surface area contributed by atoms with E-state index in [1.54, 1.807) is 7.11 Å². The Morgan fingerprint density at radius 2 is 2.00 bits per heavy atom. The van der Waals surface area contributed by atoms with Crippen molar-refractivity contribution in [2.24, 2.45) is 5.41 Å². The third-order valence-electron chi connectivity index (χ3n) is 4.18. The number of fused-ring (bicyclic) bond motifs is 1. The molecule has 0 atom stereocenters. The van der Waals surface area contributed by atoms with Crippen LogP contribution in [0.25, 0.3) is 0 Å². The fraction of sp³-hybridized carbons (Fsp3) is 0.615. The van der Waals surface area contributed by atoms with Crippen LogP contribution in [-0.2, 0) is 17.7 Å². The number of rotatable bonds is 1. The van der Waals surface area contributed by atoms with Crippen molar-refractivity contribution in [3.05, 3.63) is 29.6 Å². The van der Waals surface area contributed by atoms with E-state index in [0.717, 1.165) is 13.1 Å². The number of hydrogen-bond donors (Lipinski definition) is 0. The van der Waals surface area contributed by atoms with E-state index in [4.69, 9.17) is 4.84 Å². The molecule has 2 aliphatic rings. The van der Waals surface area contributed by atoms with Crippen LogP contribution in [0.5, 0.6) is 0 Å². The predicted octanol–water partition coefficient (Wildman–Crippen LogP) is 1.82. The van der Waals surface area contributed by atoms with Crippen LogP contribution in [0.4, 0.5) is 0 Å². The zero-order chi connectivity index (χ0) is 11.0. The summed E-state index contributed by atoms with van der Waals surface area (Å²) in [6, 6.07) is 2.19. The van der Waals surface area contributed by atoms with Gasteiger partial charge in [-0.15, -0.1) is 0 Å². The molecule has 16 heavy (non-hydrogen) atoms. The van der Waals surface area contributed by atoms with Gasteiger partial charge in [-0.2, -0.15) is 5.06 Å². The normalized spacial score (nSPS) is 23.6. The van der Waals surface area contributed by atoms with Crippen molar-refractivity contribution < 1.29 is 4.84 Å². The first-order chi connectivity index (χ1) is 7.81. The van der Waals surface area contributed by atoms with Crippen LogP contribution in [-0.4, -0.2) is 30.2 Å². The first-order valence-corrected chi connectivity index (χ1v) is 6.02. The van der Waals surface area contributed by atoms with Crippen LogP contribution in [0.3, 0.4) is 0 Å². The monoisotopic (exact) mass is 218 g/mol. The molecule has 3 nitrogen and oxygen atoms in total. The van der Waals surface area contributed by atoms with Crippen molar-refractivity contribution >= 4 is 0 Å². The number of hydroxylamine groups is 2. The Morgan fingerprint density at radius 1 is 1.25 bits per heavy atom. The standard InChI is InChI=1S/C13H18N2O/c1-16-15-6-3-13(4-7-15)8-11-2-5-14-10-12(11)9-13/h2,5,10H,3-4,6-9H2,1H3. The molecule has 0 N–H and O–H groups in total. The summed E-state index contributed by atoms with van der Waals surface area (Å²) in [5.41, 5.74) is 3.48. The lowest BCUT2D eigenvalue weighted by Crippen LogP contribution is -2.39. The zero-order valence-electron chi connectivity index (χ0n) is 9.78. The summed E-state index contributed by atoms with van der Waals surface area (Å²) in [6.45, 7) is 2.13. The summed E-state index contributed by atoms with van der Waals surface area (Å²) in [7, 11) is 1.77. The van der Waals surface area contributed by atoms with Crippen molar-refractivity contribution in [1.29, 1.82) is 0 Å². The molecule has 86 valence electrons. The van der Waals surface area contributed by atoms with Crippen molar-refractivity contribution in [3.8, 4) is 0 Å². The second-order valence-electron chi connectivity index (χ2n) is 5.11. The van der Waals surface area contributed by atoms with E-state index in [-0.39, 0.29) is 0 Å². The zero-order valence-corrected chi connectivity index (χ0v) is 9.78. The van der Waals surface area contributed by atoms with Gasteiger partial charge in [-0.3, -0.25) is 4.98 Å². The fourth-order valence-electron chi connectivity index (χ4n) is 3.15. The average Bonchev–Trinajstić information content (AvgIpc) is 2.68. The Labute approximate surface area is 96.4 Å². The highest BCUT2D eigenvalue weighted by Crippen LogP contribution is 2.44. The van der Waals surface area contributed by atoms with Crippen LogP contribution in [0.1, 0.15) is 24.0 Å². The molecular formula is C13H18N2O. The molecule has 1 fully saturated rings. The molecule has 0 bridgehead atoms. The van der Waals surface area contributed by atoms with Gasteiger partial charge in [0.1, 0.15) is 0 Å². The molecule has 2 heterocycles. The van der Waals surface area contributed by atoms with Gasteiger partial charge in [-0.25, -0.2) is 0 Å². The van der Waals surface area contributed by atoms with Gasteiger partial charge in [0.05, 0.1) is 7.11 Å². The molecule has 0 saturated carbocycles. The average molecular weight is 218 g/mol. The van der Waals surface area contributed by atoms with Gasteiger partial charge in [0.2, 0.25) is 0 Å². The molecular weight excluding hydrogens is 200 g/mol. The molecule has 0 radical (unpaired) electrons. The van der Waals surface area contributed by atoms with Gasteiger partial charge in [-0.05, 0) is 48.3 Å². The smallest absolute Gasteiger partial charge is 0.0575 e. The minimum Gasteiger partial charge on any atom is -0.302 e. The van der Waals surface area contributed by atoms with Crippen LogP contribution < -0.4 is 0 Å². The van der Waals surface area contributed by atoms with E-state index in [0.29, 0.717) is 5.41 Å². The molecule has 1 saturated heterocycles. The Bertz CT molecular complexity index is 356. The van der Waals surface area contributed by atoms with E-state index < -0.39 is 0 Å². The highest BCUT2D eigenvalue weighted by Gasteiger charge is 2.39. The van der Waals surface area contributed by atoms with Crippen LogP contribution in [0.2, 0.25) is 0 Å². The molecule has 1 aliphatic carbocycles. The Balaban J connectivity index is 1.75. The summed E-state index contributed by atoms with van der Waals surface area (Å²) in [4.78, 5) is 9.52. The van der Waals surface area contributed by atoms with Crippen molar-refractivity contribution in [2.75, 3.05) is 20.2 Å². The molecule has 3 heteroatoms. The second-order valence-corrected chi connectivity index (χ2v) is 5.11. The van der Waals surface area contributed by atoms with Crippen molar-refractivity contribution in [2.45, 2.75) is 25.7 Å². The van der Waals surface area contributed by atoms with Crippen LogP contribution >= 0.6 is 0 Å². The van der Waals surface area contributed by atoms with Gasteiger partial charge in [0.15, 0.2) is 0 Å². The fourth-order valence-corrected chi connectivity index (χ4v) is 3.15. The van der Waals surface area contributed by atoms with E-state index in [1.165, 1.54) is 36.8 Å². The first kappa shape index (κ1) is 10.2. The number of pyridine rings is 1. The molecule has 3 rings (SSSR count). The summed E-state index contributed by atoms with van der Waals surface area (Å²) < 4.78 is 0. The van der Waals surface area contributed by atoms with Gasteiger partial charge in [0.25, 0.3) is 0 Å². The van der Waals surface area contributed by atoms with E-state index in [1.807, 2.05) is 12.4 Å². The Kier molecular flexibility index (Phi) is 2.45. The number of hydrogen-bond acceptors (Lipinski definition) is 3. The lowest BCUT2D eigenvalue weighted by molar-refractivity contribution is -0.158. The molecule has 1 spiro atoms. The maximum absolute atomic E-state index is 5.29. The lowest BCUT2D eigenvalue weighted by atomic mass is 9.76. The van der Waals surface area contributed by atoms with Gasteiger partial charge in [-0.1, -0.05) is 0 Å². The molecule has 0 aromatic carbocycles. The molecule has 1 aromatic rings. The maximum atomic E-state index is 5.29. The molecule has 0 unspecified atom stereocenters. The Morgan fingerprint density at radius 3 is 2.69 bits per heavy atom. The minimum atomic E-state index is 0.500. The second kappa shape index (κ2) is 3.82. The van der Waals surface area contributed by atoms with Gasteiger partial charge >= 0.3 is 0 Å². The quantitative estimate of drug-likeness (QED) is 0.719. The largest absolute Gasteiger partial charge is 0.302 e. The number of piperidine rings is 1. The molecule has 1 aromatic heterocycles. The summed E-state index contributed by atoms with van der Waals surface area (Å²) in [5.74, 6) is 0. The third-order valence-corrected chi connectivity index (χ3v) is 4.18. The van der Waals surface area contributed by atoms with E-state index in [9.17, 15) is 0 Å². The van der Waals surface area contributed by atoms with Crippen LogP contribution in [0, 0.1) is 5.41 Å². The highest BCUT2D eigenvalue weighted by atomic mass is 16.7.